The summed E-state index contributed by atoms with van der Waals surface area (Å²) in [7, 11) is -3.96. The number of nitro benzene ring substituents is 1. The Bertz CT molecular complexity index is 916. The number of rotatable bonds is 6. The summed E-state index contributed by atoms with van der Waals surface area (Å²) >= 11 is 0. The predicted octanol–water partition coefficient (Wildman–Crippen LogP) is 3.90. The van der Waals surface area contributed by atoms with E-state index in [-0.39, 0.29) is 17.1 Å². The molecule has 2 rings (SSSR count). The first-order valence-electron chi connectivity index (χ1n) is 7.64. The van der Waals surface area contributed by atoms with Crippen molar-refractivity contribution in [2.75, 3.05) is 10.8 Å². The summed E-state index contributed by atoms with van der Waals surface area (Å²) in [6.45, 7) is 9.02. The summed E-state index contributed by atoms with van der Waals surface area (Å²) < 4.78 is 27.4. The average molecular weight is 360 g/mol. The standard InChI is InChI=1S/C18H20N2O4S/c1-5-8-19(16-10-13(2)9-14(3)11-16)25(23,24)17-7-6-15(4)18(12-17)20(21)22/h5-7,9-12H,1,8H2,2-4H3. The van der Waals surface area contributed by atoms with Crippen LogP contribution >= 0.6 is 0 Å². The van der Waals surface area contributed by atoms with Gasteiger partial charge in [-0.15, -0.1) is 6.58 Å². The van der Waals surface area contributed by atoms with Crippen LogP contribution in [-0.4, -0.2) is 19.9 Å². The minimum absolute atomic E-state index is 0.0624. The number of hydrogen-bond donors (Lipinski definition) is 0. The molecule has 0 atom stereocenters. The van der Waals surface area contributed by atoms with Crippen LogP contribution in [0.1, 0.15) is 16.7 Å². The molecule has 6 nitrogen and oxygen atoms in total. The van der Waals surface area contributed by atoms with Crippen molar-refractivity contribution in [3.05, 3.63) is 75.9 Å². The minimum atomic E-state index is -3.96. The molecule has 0 amide bonds. The zero-order valence-electron chi connectivity index (χ0n) is 14.4. The fraction of sp³-hybridized carbons (Fsp3) is 0.222. The summed E-state index contributed by atoms with van der Waals surface area (Å²) in [4.78, 5) is 10.4. The van der Waals surface area contributed by atoms with Crippen molar-refractivity contribution < 1.29 is 13.3 Å². The Morgan fingerprint density at radius 3 is 2.24 bits per heavy atom. The van der Waals surface area contributed by atoms with Gasteiger partial charge in [0.2, 0.25) is 0 Å². The molecule has 2 aromatic carbocycles. The Morgan fingerprint density at radius 1 is 1.12 bits per heavy atom. The van der Waals surface area contributed by atoms with Gasteiger partial charge in [0.05, 0.1) is 22.1 Å². The third-order valence-corrected chi connectivity index (χ3v) is 5.54. The molecule has 0 heterocycles. The Kier molecular flexibility index (Phi) is 5.27. The Hall–Kier alpha value is -2.67. The second kappa shape index (κ2) is 7.06. The van der Waals surface area contributed by atoms with Crippen LogP contribution in [0.5, 0.6) is 0 Å². The van der Waals surface area contributed by atoms with E-state index < -0.39 is 14.9 Å². The van der Waals surface area contributed by atoms with Crippen LogP contribution in [0, 0.1) is 30.9 Å². The number of hydrogen-bond acceptors (Lipinski definition) is 4. The molecule has 0 unspecified atom stereocenters. The first-order valence-corrected chi connectivity index (χ1v) is 9.08. The van der Waals surface area contributed by atoms with E-state index in [1.54, 1.807) is 19.1 Å². The number of sulfonamides is 1. The van der Waals surface area contributed by atoms with E-state index >= 15 is 0 Å². The van der Waals surface area contributed by atoms with Crippen LogP contribution in [-0.2, 0) is 10.0 Å². The Morgan fingerprint density at radius 2 is 1.72 bits per heavy atom. The quantitative estimate of drug-likeness (QED) is 0.444. The lowest BCUT2D eigenvalue weighted by Gasteiger charge is -2.24. The molecule has 2 aromatic rings. The molecule has 0 N–H and O–H groups in total. The van der Waals surface area contributed by atoms with Crippen molar-refractivity contribution in [2.24, 2.45) is 0 Å². The maximum atomic E-state index is 13.1. The largest absolute Gasteiger partial charge is 0.273 e. The van der Waals surface area contributed by atoms with E-state index in [2.05, 4.69) is 6.58 Å². The number of aryl methyl sites for hydroxylation is 3. The number of nitrogens with zero attached hydrogens (tertiary/aromatic N) is 2. The average Bonchev–Trinajstić information content (AvgIpc) is 2.51. The van der Waals surface area contributed by atoms with Gasteiger partial charge >= 0.3 is 0 Å². The topological polar surface area (TPSA) is 80.5 Å². The van der Waals surface area contributed by atoms with E-state index in [4.69, 9.17) is 0 Å². The van der Waals surface area contributed by atoms with Crippen LogP contribution in [0.4, 0.5) is 11.4 Å². The second-order valence-corrected chi connectivity index (χ2v) is 7.74. The van der Waals surface area contributed by atoms with Gasteiger partial charge in [-0.3, -0.25) is 14.4 Å². The highest BCUT2D eigenvalue weighted by Gasteiger charge is 2.27. The van der Waals surface area contributed by atoms with Gasteiger partial charge in [0.25, 0.3) is 15.7 Å². The van der Waals surface area contributed by atoms with Gasteiger partial charge < -0.3 is 0 Å². The summed E-state index contributed by atoms with van der Waals surface area (Å²) in [5, 5.41) is 11.1. The van der Waals surface area contributed by atoms with E-state index in [1.807, 2.05) is 19.9 Å². The second-order valence-electron chi connectivity index (χ2n) is 5.88. The molecule has 0 radical (unpaired) electrons. The first-order chi connectivity index (χ1) is 11.7. The van der Waals surface area contributed by atoms with E-state index in [9.17, 15) is 18.5 Å². The summed E-state index contributed by atoms with van der Waals surface area (Å²) in [5.74, 6) is 0. The Labute approximate surface area is 147 Å². The molecule has 0 aliphatic rings. The van der Waals surface area contributed by atoms with Crippen molar-refractivity contribution in [1.29, 1.82) is 0 Å². The Balaban J connectivity index is 2.62. The van der Waals surface area contributed by atoms with Crippen LogP contribution in [0.2, 0.25) is 0 Å². The molecular weight excluding hydrogens is 340 g/mol. The minimum Gasteiger partial charge on any atom is -0.263 e. The fourth-order valence-electron chi connectivity index (χ4n) is 2.63. The smallest absolute Gasteiger partial charge is 0.263 e. The van der Waals surface area contributed by atoms with Gasteiger partial charge in [-0.05, 0) is 50.1 Å². The molecule has 0 bridgehead atoms. The third kappa shape index (κ3) is 3.88. The number of anilines is 1. The highest BCUT2D eigenvalue weighted by Crippen LogP contribution is 2.29. The van der Waals surface area contributed by atoms with E-state index in [0.29, 0.717) is 11.3 Å². The van der Waals surface area contributed by atoms with E-state index in [0.717, 1.165) is 17.2 Å². The van der Waals surface area contributed by atoms with Crippen LogP contribution in [0.25, 0.3) is 0 Å². The molecule has 0 aliphatic carbocycles. The van der Waals surface area contributed by atoms with Gasteiger partial charge in [-0.25, -0.2) is 8.42 Å². The van der Waals surface area contributed by atoms with Gasteiger partial charge in [0, 0.05) is 11.6 Å². The molecule has 0 spiro atoms. The highest BCUT2D eigenvalue weighted by molar-refractivity contribution is 7.92. The molecule has 0 fully saturated rings. The SMILES string of the molecule is C=CCN(c1cc(C)cc(C)c1)S(=O)(=O)c1ccc(C)c([N+](=O)[O-])c1. The van der Waals surface area contributed by atoms with Crippen LogP contribution < -0.4 is 4.31 Å². The van der Waals surface area contributed by atoms with Crippen molar-refractivity contribution in [1.82, 2.24) is 0 Å². The molecule has 0 aromatic heterocycles. The lowest BCUT2D eigenvalue weighted by Crippen LogP contribution is -2.31. The van der Waals surface area contributed by atoms with Gasteiger partial charge in [0.1, 0.15) is 0 Å². The van der Waals surface area contributed by atoms with Crippen LogP contribution in [0.15, 0.2) is 53.9 Å². The summed E-state index contributed by atoms with van der Waals surface area (Å²) in [6.07, 6.45) is 1.48. The molecule has 0 aliphatic heterocycles. The lowest BCUT2D eigenvalue weighted by atomic mass is 10.1. The number of benzene rings is 2. The summed E-state index contributed by atoms with van der Waals surface area (Å²) in [6, 6.07) is 9.39. The molecule has 0 saturated carbocycles. The molecule has 0 saturated heterocycles. The maximum Gasteiger partial charge on any atom is 0.273 e. The monoisotopic (exact) mass is 360 g/mol. The number of nitro groups is 1. The molecular formula is C18H20N2O4S. The van der Waals surface area contributed by atoms with E-state index in [1.165, 1.54) is 22.5 Å². The van der Waals surface area contributed by atoms with Crippen LogP contribution in [0.3, 0.4) is 0 Å². The van der Waals surface area contributed by atoms with Gasteiger partial charge in [-0.1, -0.05) is 18.2 Å². The predicted molar refractivity (Wildman–Crippen MR) is 98.5 cm³/mol. The lowest BCUT2D eigenvalue weighted by molar-refractivity contribution is -0.385. The maximum absolute atomic E-state index is 13.1. The zero-order chi connectivity index (χ0) is 18.8. The van der Waals surface area contributed by atoms with Crippen molar-refractivity contribution >= 4 is 21.4 Å². The summed E-state index contributed by atoms with van der Waals surface area (Å²) in [5.41, 5.74) is 2.54. The van der Waals surface area contributed by atoms with Crippen molar-refractivity contribution in [2.45, 2.75) is 25.7 Å². The normalized spacial score (nSPS) is 11.2. The fourth-order valence-corrected chi connectivity index (χ4v) is 4.07. The zero-order valence-corrected chi connectivity index (χ0v) is 15.2. The third-order valence-electron chi connectivity index (χ3n) is 3.75. The van der Waals surface area contributed by atoms with Gasteiger partial charge in [0.15, 0.2) is 0 Å². The molecule has 132 valence electrons. The van der Waals surface area contributed by atoms with Crippen molar-refractivity contribution in [3.63, 3.8) is 0 Å². The molecule has 25 heavy (non-hydrogen) atoms. The molecule has 7 heteroatoms. The van der Waals surface area contributed by atoms with Crippen molar-refractivity contribution in [3.8, 4) is 0 Å². The van der Waals surface area contributed by atoms with Gasteiger partial charge in [-0.2, -0.15) is 0 Å². The first kappa shape index (κ1) is 18.7. The highest BCUT2D eigenvalue weighted by atomic mass is 32.2.